The van der Waals surface area contributed by atoms with Gasteiger partial charge in [-0.2, -0.15) is 5.10 Å². The van der Waals surface area contributed by atoms with Crippen LogP contribution in [0.3, 0.4) is 0 Å². The monoisotopic (exact) mass is 547 g/mol. The smallest absolute Gasteiger partial charge is 0.272 e. The lowest BCUT2D eigenvalue weighted by atomic mass is 9.92. The lowest BCUT2D eigenvalue weighted by molar-refractivity contribution is -0.122. The molecule has 4 N–H and O–H groups in total. The van der Waals surface area contributed by atoms with Crippen LogP contribution in [0.5, 0.6) is 5.88 Å². The molecule has 10 nitrogen and oxygen atoms in total. The minimum absolute atomic E-state index is 0.0866. The van der Waals surface area contributed by atoms with Gasteiger partial charge in [-0.3, -0.25) is 14.3 Å². The van der Waals surface area contributed by atoms with E-state index in [-0.39, 0.29) is 29.7 Å². The second-order valence-electron chi connectivity index (χ2n) is 10.2. The van der Waals surface area contributed by atoms with Gasteiger partial charge in [-0.15, -0.1) is 11.3 Å². The second kappa shape index (κ2) is 9.24. The predicted octanol–water partition coefficient (Wildman–Crippen LogP) is 2.55. The third-order valence-corrected chi connectivity index (χ3v) is 8.09. The van der Waals surface area contributed by atoms with Crippen molar-refractivity contribution in [3.05, 3.63) is 70.4 Å². The molecule has 2 amide bonds. The molecule has 12 heteroatoms. The predicted molar refractivity (Wildman–Crippen MR) is 142 cm³/mol. The molecule has 2 fully saturated rings. The number of aryl methyl sites for hydroxylation is 1. The number of hydrogen-bond donors (Lipinski definition) is 2. The van der Waals surface area contributed by atoms with Crippen LogP contribution in [0.25, 0.3) is 22.6 Å². The highest BCUT2D eigenvalue weighted by molar-refractivity contribution is 7.07. The number of halogens is 1. The molecular weight excluding hydrogens is 521 g/mol. The lowest BCUT2D eigenvalue weighted by Gasteiger charge is -2.23. The number of pyridine rings is 1. The van der Waals surface area contributed by atoms with Crippen LogP contribution in [0, 0.1) is 17.7 Å². The minimum atomic E-state index is -1.46. The Morgan fingerprint density at radius 3 is 2.46 bits per heavy atom. The molecule has 6 rings (SSSR count). The summed E-state index contributed by atoms with van der Waals surface area (Å²) in [6, 6.07) is 10.9. The summed E-state index contributed by atoms with van der Waals surface area (Å²) in [5.41, 5.74) is 15.5. The Bertz CT molecular complexity index is 1560. The summed E-state index contributed by atoms with van der Waals surface area (Å²) >= 11 is 1.47. The van der Waals surface area contributed by atoms with E-state index in [2.05, 4.69) is 15.1 Å². The number of amides is 2. The van der Waals surface area contributed by atoms with Gasteiger partial charge in [0.2, 0.25) is 11.8 Å². The summed E-state index contributed by atoms with van der Waals surface area (Å²) in [4.78, 5) is 36.0. The van der Waals surface area contributed by atoms with E-state index in [9.17, 15) is 14.0 Å². The Morgan fingerprint density at radius 2 is 1.82 bits per heavy atom. The molecule has 2 aliphatic rings. The number of carbonyl (C=O) groups excluding carboxylic acids is 2. The average molecular weight is 548 g/mol. The topological polar surface area (TPSA) is 142 Å². The zero-order chi connectivity index (χ0) is 27.5. The van der Waals surface area contributed by atoms with Crippen molar-refractivity contribution in [1.29, 1.82) is 0 Å². The number of benzene rings is 1. The molecule has 4 aromatic rings. The first-order valence-corrected chi connectivity index (χ1v) is 13.3. The molecule has 0 spiro atoms. The number of nitrogens with two attached hydrogens (primary N) is 2. The van der Waals surface area contributed by atoms with E-state index in [1.54, 1.807) is 47.6 Å². The van der Waals surface area contributed by atoms with Crippen molar-refractivity contribution in [2.24, 2.45) is 30.4 Å². The Morgan fingerprint density at radius 1 is 1.10 bits per heavy atom. The highest BCUT2D eigenvalue weighted by Crippen LogP contribution is 2.48. The van der Waals surface area contributed by atoms with E-state index in [4.69, 9.17) is 16.2 Å². The fourth-order valence-corrected chi connectivity index (χ4v) is 5.57. The Kier molecular flexibility index (Phi) is 5.96. The van der Waals surface area contributed by atoms with E-state index in [0.29, 0.717) is 47.2 Å². The molecule has 4 heterocycles. The third-order valence-electron chi connectivity index (χ3n) is 7.51. The number of aromatic nitrogens is 4. The number of hydrogen-bond acceptors (Lipinski definition) is 8. The Hall–Kier alpha value is -4.16. The van der Waals surface area contributed by atoms with Crippen LogP contribution < -0.4 is 16.2 Å². The highest BCUT2D eigenvalue weighted by Gasteiger charge is 2.59. The van der Waals surface area contributed by atoms with Crippen LogP contribution in [-0.2, 0) is 17.4 Å². The zero-order valence-corrected chi connectivity index (χ0v) is 22.1. The fraction of sp³-hybridized carbons (Fsp3) is 0.296. The number of thiazole rings is 1. The van der Waals surface area contributed by atoms with Crippen molar-refractivity contribution in [3.63, 3.8) is 0 Å². The summed E-state index contributed by atoms with van der Waals surface area (Å²) in [6.07, 6.45) is -0.132. The molecule has 0 bridgehead atoms. The highest BCUT2D eigenvalue weighted by atomic mass is 32.1. The zero-order valence-electron chi connectivity index (χ0n) is 21.2. The average Bonchev–Trinajstić information content (AvgIpc) is 3.42. The summed E-state index contributed by atoms with van der Waals surface area (Å²) in [7, 11) is 1.75. The van der Waals surface area contributed by atoms with Gasteiger partial charge in [0.05, 0.1) is 11.2 Å². The van der Waals surface area contributed by atoms with Gasteiger partial charge in [0.25, 0.3) is 5.91 Å². The normalized spacial score (nSPS) is 21.3. The van der Waals surface area contributed by atoms with Gasteiger partial charge < -0.3 is 21.1 Å². The number of likely N-dealkylation sites (tertiary alicyclic amines) is 1. The van der Waals surface area contributed by atoms with Crippen molar-refractivity contribution < 1.29 is 18.7 Å². The van der Waals surface area contributed by atoms with Crippen LogP contribution in [0.15, 0.2) is 53.4 Å². The lowest BCUT2D eigenvalue weighted by Crippen LogP contribution is -2.46. The van der Waals surface area contributed by atoms with Crippen LogP contribution in [-0.4, -0.2) is 55.7 Å². The number of primary amides is 1. The molecule has 1 aromatic carbocycles. The van der Waals surface area contributed by atoms with Crippen molar-refractivity contribution in [1.82, 2.24) is 24.6 Å². The van der Waals surface area contributed by atoms with Crippen LogP contribution in [0.4, 0.5) is 4.39 Å². The maximum absolute atomic E-state index is 13.5. The van der Waals surface area contributed by atoms with Crippen molar-refractivity contribution in [2.45, 2.75) is 18.6 Å². The van der Waals surface area contributed by atoms with Gasteiger partial charge in [-0.25, -0.2) is 14.4 Å². The van der Waals surface area contributed by atoms with Crippen LogP contribution in [0.2, 0.25) is 0 Å². The number of ether oxygens (including phenoxy) is 1. The molecule has 1 aliphatic carbocycles. The number of nitrogens with zero attached hydrogens (tertiary/aromatic N) is 5. The summed E-state index contributed by atoms with van der Waals surface area (Å²) in [5, 5.41) is 6.34. The standard InChI is InChI=1S/C27H26FN7O3S/c1-27(30,26(29)37)15-7-19(14-3-5-16(28)6-4-14)32-23(8-15)38-24-17-10-35(11-18(17)24)25(36)22-9-20(33-34(22)2)21-12-39-13-31-21/h3-9,12-13,17-18,24H,10-11,30H2,1-2H3,(H2,29,37)/t17-,18+,24?,27?. The van der Waals surface area contributed by atoms with E-state index in [0.717, 1.165) is 5.69 Å². The molecule has 1 saturated carbocycles. The molecule has 4 atom stereocenters. The molecule has 39 heavy (non-hydrogen) atoms. The summed E-state index contributed by atoms with van der Waals surface area (Å²) in [6.45, 7) is 2.62. The summed E-state index contributed by atoms with van der Waals surface area (Å²) < 4.78 is 21.3. The molecule has 2 unspecified atom stereocenters. The molecule has 3 aromatic heterocycles. The quantitative estimate of drug-likeness (QED) is 0.362. The molecule has 200 valence electrons. The van der Waals surface area contributed by atoms with Gasteiger partial charge in [-0.1, -0.05) is 0 Å². The van der Waals surface area contributed by atoms with E-state index in [1.807, 2.05) is 10.3 Å². The van der Waals surface area contributed by atoms with E-state index < -0.39 is 11.4 Å². The number of fused-ring (bicyclic) bond motifs is 1. The molecule has 1 saturated heterocycles. The molecule has 1 aliphatic heterocycles. The third kappa shape index (κ3) is 4.55. The largest absolute Gasteiger partial charge is 0.474 e. The SMILES string of the molecule is Cn1nc(-c2cscn2)cc1C(=O)N1C[C@@H]2C(Oc3cc(C(C)(N)C(N)=O)cc(-c4ccc(F)cc4)n3)[C@@H]2C1. The maximum Gasteiger partial charge on any atom is 0.272 e. The van der Waals surface area contributed by atoms with Crippen molar-refractivity contribution >= 4 is 23.2 Å². The van der Waals surface area contributed by atoms with E-state index in [1.165, 1.54) is 30.4 Å². The first-order valence-electron chi connectivity index (χ1n) is 12.4. The Labute approximate surface area is 227 Å². The number of carbonyl (C=O) groups is 2. The van der Waals surface area contributed by atoms with Gasteiger partial charge in [0, 0.05) is 49.0 Å². The van der Waals surface area contributed by atoms with Gasteiger partial charge >= 0.3 is 0 Å². The van der Waals surface area contributed by atoms with Crippen molar-refractivity contribution in [3.8, 4) is 28.5 Å². The molecule has 0 radical (unpaired) electrons. The first-order chi connectivity index (χ1) is 18.6. The maximum atomic E-state index is 13.5. The van der Waals surface area contributed by atoms with Gasteiger partial charge in [-0.05, 0) is 48.9 Å². The Balaban J connectivity index is 1.18. The van der Waals surface area contributed by atoms with E-state index >= 15 is 0 Å². The van der Waals surface area contributed by atoms with Gasteiger partial charge in [0.1, 0.15) is 34.5 Å². The first kappa shape index (κ1) is 25.1. The number of piperidine rings is 1. The van der Waals surface area contributed by atoms with Crippen LogP contribution >= 0.6 is 11.3 Å². The number of rotatable bonds is 7. The van der Waals surface area contributed by atoms with Gasteiger partial charge in [0.15, 0.2) is 0 Å². The summed E-state index contributed by atoms with van der Waals surface area (Å²) in [5.74, 6) is -0.559. The molecular formula is C27H26FN7O3S. The van der Waals surface area contributed by atoms with Crippen molar-refractivity contribution in [2.75, 3.05) is 13.1 Å². The van der Waals surface area contributed by atoms with Crippen LogP contribution in [0.1, 0.15) is 23.0 Å². The fourth-order valence-electron chi connectivity index (χ4n) is 5.02. The second-order valence-corrected chi connectivity index (χ2v) is 10.9. The minimum Gasteiger partial charge on any atom is -0.474 e.